The second-order valence-corrected chi connectivity index (χ2v) is 6.45. The summed E-state index contributed by atoms with van der Waals surface area (Å²) < 4.78 is 0. The van der Waals surface area contributed by atoms with Crippen LogP contribution in [0, 0.1) is 5.92 Å². The number of benzene rings is 1. The van der Waals surface area contributed by atoms with Gasteiger partial charge >= 0.3 is 0 Å². The van der Waals surface area contributed by atoms with Crippen molar-refractivity contribution in [2.45, 2.75) is 38.8 Å². The van der Waals surface area contributed by atoms with E-state index in [-0.39, 0.29) is 30.7 Å². The van der Waals surface area contributed by atoms with Crippen molar-refractivity contribution in [1.29, 1.82) is 0 Å². The summed E-state index contributed by atoms with van der Waals surface area (Å²) in [6.07, 6.45) is 2.87. The molecule has 1 amide bonds. The van der Waals surface area contributed by atoms with Crippen LogP contribution in [0.2, 0.25) is 0 Å². The van der Waals surface area contributed by atoms with Crippen LogP contribution in [-0.2, 0) is 11.3 Å². The largest absolute Gasteiger partial charge is 0.355 e. The van der Waals surface area contributed by atoms with Crippen molar-refractivity contribution in [3.05, 3.63) is 35.9 Å². The van der Waals surface area contributed by atoms with Gasteiger partial charge in [-0.15, -0.1) is 24.8 Å². The molecule has 0 aromatic heterocycles. The van der Waals surface area contributed by atoms with E-state index in [2.05, 4.69) is 53.8 Å². The van der Waals surface area contributed by atoms with Crippen LogP contribution in [0.5, 0.6) is 0 Å². The number of amides is 1. The number of nitrogens with zero attached hydrogens (tertiary/aromatic N) is 1. The van der Waals surface area contributed by atoms with Crippen molar-refractivity contribution >= 4 is 30.7 Å². The quantitative estimate of drug-likeness (QED) is 0.733. The smallest absolute Gasteiger partial charge is 0.220 e. The number of rotatable bonds is 8. The molecule has 2 unspecified atom stereocenters. The van der Waals surface area contributed by atoms with Crippen molar-refractivity contribution in [2.75, 3.05) is 26.7 Å². The predicted octanol–water partition coefficient (Wildman–Crippen LogP) is 2.86. The molecular weight excluding hydrogens is 345 g/mol. The lowest BCUT2D eigenvalue weighted by atomic mass is 10.0. The molecule has 1 fully saturated rings. The van der Waals surface area contributed by atoms with Crippen LogP contribution in [0.25, 0.3) is 0 Å². The third kappa shape index (κ3) is 8.34. The van der Waals surface area contributed by atoms with Crippen LogP contribution < -0.4 is 10.6 Å². The minimum absolute atomic E-state index is 0. The van der Waals surface area contributed by atoms with E-state index in [1.165, 1.54) is 12.0 Å². The Balaban J connectivity index is 0.00000264. The topological polar surface area (TPSA) is 44.4 Å². The van der Waals surface area contributed by atoms with Crippen LogP contribution in [-0.4, -0.2) is 43.5 Å². The first-order valence-electron chi connectivity index (χ1n) is 8.36. The molecule has 0 saturated carbocycles. The number of halogens is 2. The van der Waals surface area contributed by atoms with Gasteiger partial charge < -0.3 is 10.6 Å². The Hall–Kier alpha value is -0.810. The number of carbonyl (C=O) groups is 1. The highest BCUT2D eigenvalue weighted by atomic mass is 35.5. The number of nitrogens with one attached hydrogen (secondary N) is 2. The zero-order valence-corrected chi connectivity index (χ0v) is 16.3. The molecular formula is C18H31Cl2N3O. The van der Waals surface area contributed by atoms with Crippen molar-refractivity contribution in [3.8, 4) is 0 Å². The first kappa shape index (κ1) is 23.2. The molecule has 0 aliphatic carbocycles. The monoisotopic (exact) mass is 375 g/mol. The van der Waals surface area contributed by atoms with E-state index in [1.807, 2.05) is 6.07 Å². The van der Waals surface area contributed by atoms with Crippen molar-refractivity contribution < 1.29 is 4.79 Å². The normalized spacial score (nSPS) is 17.7. The molecule has 6 heteroatoms. The van der Waals surface area contributed by atoms with Crippen LogP contribution in [0.1, 0.15) is 31.7 Å². The summed E-state index contributed by atoms with van der Waals surface area (Å²) in [5.74, 6) is 0.871. The predicted molar refractivity (Wildman–Crippen MR) is 105 cm³/mol. The van der Waals surface area contributed by atoms with E-state index >= 15 is 0 Å². The lowest BCUT2D eigenvalue weighted by Gasteiger charge is -2.25. The number of hydrogen-bond acceptors (Lipinski definition) is 3. The summed E-state index contributed by atoms with van der Waals surface area (Å²) in [6.45, 7) is 5.96. The summed E-state index contributed by atoms with van der Waals surface area (Å²) in [5.41, 5.74) is 1.30. The second-order valence-electron chi connectivity index (χ2n) is 6.45. The summed E-state index contributed by atoms with van der Waals surface area (Å²) >= 11 is 0. The molecule has 1 aromatic rings. The molecule has 2 atom stereocenters. The fraction of sp³-hybridized carbons (Fsp3) is 0.611. The molecule has 24 heavy (non-hydrogen) atoms. The van der Waals surface area contributed by atoms with Crippen molar-refractivity contribution in [1.82, 2.24) is 15.5 Å². The van der Waals surface area contributed by atoms with Gasteiger partial charge in [-0.3, -0.25) is 9.69 Å². The summed E-state index contributed by atoms with van der Waals surface area (Å²) in [7, 11) is 2.11. The molecule has 1 aliphatic heterocycles. The first-order valence-corrected chi connectivity index (χ1v) is 8.36. The Morgan fingerprint density at radius 3 is 2.67 bits per heavy atom. The van der Waals surface area contributed by atoms with Crippen LogP contribution in [0.15, 0.2) is 30.3 Å². The SMILES string of the molecule is CC(CNC(=O)CCC1CCNC1)N(C)Cc1ccccc1.Cl.Cl. The molecule has 1 aromatic carbocycles. The minimum Gasteiger partial charge on any atom is -0.355 e. The molecule has 0 radical (unpaired) electrons. The summed E-state index contributed by atoms with van der Waals surface area (Å²) in [4.78, 5) is 14.2. The van der Waals surface area contributed by atoms with E-state index in [9.17, 15) is 4.79 Å². The fourth-order valence-corrected chi connectivity index (χ4v) is 2.83. The Morgan fingerprint density at radius 2 is 2.04 bits per heavy atom. The van der Waals surface area contributed by atoms with Gasteiger partial charge in [0, 0.05) is 25.6 Å². The Kier molecular flexibility index (Phi) is 12.1. The van der Waals surface area contributed by atoms with Crippen molar-refractivity contribution in [2.24, 2.45) is 5.92 Å². The maximum atomic E-state index is 11.9. The van der Waals surface area contributed by atoms with E-state index in [1.54, 1.807) is 0 Å². The Labute approximate surface area is 158 Å². The molecule has 0 bridgehead atoms. The minimum atomic E-state index is 0. The molecule has 2 rings (SSSR count). The number of likely N-dealkylation sites (N-methyl/N-ethyl adjacent to an activating group) is 1. The second kappa shape index (κ2) is 12.5. The van der Waals surface area contributed by atoms with Crippen LogP contribution in [0.3, 0.4) is 0 Å². The van der Waals surface area contributed by atoms with Crippen LogP contribution >= 0.6 is 24.8 Å². The molecule has 2 N–H and O–H groups in total. The van der Waals surface area contributed by atoms with Gasteiger partial charge in [0.15, 0.2) is 0 Å². The average molecular weight is 376 g/mol. The highest BCUT2D eigenvalue weighted by Crippen LogP contribution is 2.14. The number of carbonyl (C=O) groups excluding carboxylic acids is 1. The highest BCUT2D eigenvalue weighted by molar-refractivity contribution is 5.85. The van der Waals surface area contributed by atoms with Crippen molar-refractivity contribution in [3.63, 3.8) is 0 Å². The van der Waals surface area contributed by atoms with E-state index < -0.39 is 0 Å². The standard InChI is InChI=1S/C18H29N3O.2ClH/c1-15(21(2)14-17-6-4-3-5-7-17)12-20-18(22)9-8-16-10-11-19-13-16;;/h3-7,15-16,19H,8-14H2,1-2H3,(H,20,22);2*1H. The third-order valence-corrected chi connectivity index (χ3v) is 4.56. The van der Waals surface area contributed by atoms with Gasteiger partial charge in [-0.25, -0.2) is 0 Å². The molecule has 1 aliphatic rings. The molecule has 1 saturated heterocycles. The van der Waals surface area contributed by atoms with E-state index in [0.717, 1.165) is 26.1 Å². The van der Waals surface area contributed by atoms with E-state index in [0.29, 0.717) is 24.9 Å². The Morgan fingerprint density at radius 1 is 1.33 bits per heavy atom. The lowest BCUT2D eigenvalue weighted by Crippen LogP contribution is -2.39. The van der Waals surface area contributed by atoms with Gasteiger partial charge in [0.05, 0.1) is 0 Å². The average Bonchev–Trinajstić information content (AvgIpc) is 3.05. The van der Waals surface area contributed by atoms with Gasteiger partial charge in [0.2, 0.25) is 5.91 Å². The fourth-order valence-electron chi connectivity index (χ4n) is 2.83. The van der Waals surface area contributed by atoms with Gasteiger partial charge in [0.1, 0.15) is 0 Å². The Bertz CT molecular complexity index is 453. The van der Waals surface area contributed by atoms with E-state index in [4.69, 9.17) is 0 Å². The molecule has 138 valence electrons. The zero-order valence-electron chi connectivity index (χ0n) is 14.7. The third-order valence-electron chi connectivity index (χ3n) is 4.56. The maximum Gasteiger partial charge on any atom is 0.220 e. The maximum absolute atomic E-state index is 11.9. The van der Waals surface area contributed by atoms with Gasteiger partial charge in [0.25, 0.3) is 0 Å². The van der Waals surface area contributed by atoms with Crippen LogP contribution in [0.4, 0.5) is 0 Å². The summed E-state index contributed by atoms with van der Waals surface area (Å²) in [5, 5.41) is 6.42. The zero-order chi connectivity index (χ0) is 15.8. The number of hydrogen-bond donors (Lipinski definition) is 2. The summed E-state index contributed by atoms with van der Waals surface area (Å²) in [6, 6.07) is 10.8. The molecule has 1 heterocycles. The van der Waals surface area contributed by atoms with Gasteiger partial charge in [-0.1, -0.05) is 30.3 Å². The molecule has 0 spiro atoms. The lowest BCUT2D eigenvalue weighted by molar-refractivity contribution is -0.121. The molecule has 4 nitrogen and oxygen atoms in total. The van der Waals surface area contributed by atoms with Gasteiger partial charge in [-0.05, 0) is 51.4 Å². The first-order chi connectivity index (χ1) is 10.6. The highest BCUT2D eigenvalue weighted by Gasteiger charge is 2.16. The van der Waals surface area contributed by atoms with Gasteiger partial charge in [-0.2, -0.15) is 0 Å².